The topological polar surface area (TPSA) is 44.4 Å². The lowest BCUT2D eigenvalue weighted by molar-refractivity contribution is -0.119. The first-order valence-electron chi connectivity index (χ1n) is 7.55. The van der Waals surface area contributed by atoms with Crippen molar-refractivity contribution in [3.8, 4) is 0 Å². The molecular weight excluding hydrogens is 250 g/mol. The monoisotopic (exact) mass is 273 g/mol. The molecule has 20 heavy (non-hydrogen) atoms. The predicted molar refractivity (Wildman–Crippen MR) is 80.8 cm³/mol. The van der Waals surface area contributed by atoms with Gasteiger partial charge in [0.2, 0.25) is 5.91 Å². The Morgan fingerprint density at radius 2 is 2.10 bits per heavy atom. The van der Waals surface area contributed by atoms with E-state index in [1.807, 2.05) is 13.1 Å². The summed E-state index contributed by atoms with van der Waals surface area (Å²) in [5.74, 6) is 0.885. The number of carbonyl (C=O) groups excluding carboxylic acids is 1. The summed E-state index contributed by atoms with van der Waals surface area (Å²) in [6.45, 7) is 2.26. The molecule has 1 unspecified atom stereocenters. The van der Waals surface area contributed by atoms with Gasteiger partial charge in [0.05, 0.1) is 6.54 Å². The van der Waals surface area contributed by atoms with Crippen molar-refractivity contribution in [1.82, 2.24) is 10.6 Å². The van der Waals surface area contributed by atoms with Crippen molar-refractivity contribution < 1.29 is 4.79 Å². The summed E-state index contributed by atoms with van der Waals surface area (Å²) in [6, 6.07) is 8.79. The van der Waals surface area contributed by atoms with Crippen LogP contribution in [0.5, 0.6) is 0 Å². The fourth-order valence-electron chi connectivity index (χ4n) is 2.90. The number of para-hydroxylation sites is 1. The number of rotatable bonds is 5. The van der Waals surface area contributed by atoms with Gasteiger partial charge in [0.25, 0.3) is 0 Å². The van der Waals surface area contributed by atoms with Crippen molar-refractivity contribution in [3.05, 3.63) is 29.8 Å². The van der Waals surface area contributed by atoms with Crippen LogP contribution in [0.3, 0.4) is 0 Å². The van der Waals surface area contributed by atoms with E-state index in [1.165, 1.54) is 24.1 Å². The summed E-state index contributed by atoms with van der Waals surface area (Å²) < 4.78 is 0. The van der Waals surface area contributed by atoms with Crippen LogP contribution in [0.25, 0.3) is 0 Å². The van der Waals surface area contributed by atoms with E-state index in [0.717, 1.165) is 25.4 Å². The average Bonchev–Trinajstić information content (AvgIpc) is 3.30. The molecule has 0 bridgehead atoms. The summed E-state index contributed by atoms with van der Waals surface area (Å²) in [4.78, 5) is 14.2. The predicted octanol–water partition coefficient (Wildman–Crippen LogP) is 1.68. The summed E-state index contributed by atoms with van der Waals surface area (Å²) >= 11 is 0. The van der Waals surface area contributed by atoms with Gasteiger partial charge in [0.15, 0.2) is 0 Å². The van der Waals surface area contributed by atoms with Crippen molar-refractivity contribution in [2.75, 3.05) is 31.6 Å². The lowest BCUT2D eigenvalue weighted by atomic mass is 9.96. The molecule has 1 aromatic carbocycles. The molecule has 3 rings (SSSR count). The van der Waals surface area contributed by atoms with Crippen LogP contribution in [0.1, 0.15) is 30.9 Å². The van der Waals surface area contributed by atoms with E-state index in [2.05, 4.69) is 33.7 Å². The van der Waals surface area contributed by atoms with Gasteiger partial charge in [-0.15, -0.1) is 0 Å². The van der Waals surface area contributed by atoms with Crippen LogP contribution < -0.4 is 15.5 Å². The maximum absolute atomic E-state index is 12.0. The van der Waals surface area contributed by atoms with Gasteiger partial charge >= 0.3 is 0 Å². The minimum absolute atomic E-state index is 0.148. The largest absolute Gasteiger partial charge is 0.362 e. The van der Waals surface area contributed by atoms with E-state index in [4.69, 9.17) is 0 Å². The Kier molecular flexibility index (Phi) is 3.92. The number of nitrogens with zero attached hydrogens (tertiary/aromatic N) is 1. The maximum Gasteiger partial charge on any atom is 0.239 e. The standard InChI is InChI=1S/C16H23N3O/c1-17-14-8-9-19(15-5-3-2-4-13(14)15)11-16(20)18-10-12-6-7-12/h2-5,12,14,17H,6-11H2,1H3,(H,18,20). The van der Waals surface area contributed by atoms with Gasteiger partial charge in [-0.25, -0.2) is 0 Å². The number of carbonyl (C=O) groups is 1. The molecule has 1 atom stereocenters. The van der Waals surface area contributed by atoms with Crippen molar-refractivity contribution in [1.29, 1.82) is 0 Å². The number of fused-ring (bicyclic) bond motifs is 1. The third-order valence-electron chi connectivity index (χ3n) is 4.31. The first-order valence-corrected chi connectivity index (χ1v) is 7.55. The molecule has 1 saturated carbocycles. The number of amides is 1. The molecule has 4 heteroatoms. The molecule has 1 fully saturated rings. The molecule has 0 saturated heterocycles. The van der Waals surface area contributed by atoms with Crippen molar-refractivity contribution in [3.63, 3.8) is 0 Å². The van der Waals surface area contributed by atoms with E-state index in [1.54, 1.807) is 0 Å². The van der Waals surface area contributed by atoms with Gasteiger partial charge in [0, 0.05) is 24.8 Å². The molecule has 1 heterocycles. The van der Waals surface area contributed by atoms with Crippen molar-refractivity contribution >= 4 is 11.6 Å². The van der Waals surface area contributed by atoms with E-state index < -0.39 is 0 Å². The van der Waals surface area contributed by atoms with Crippen LogP contribution >= 0.6 is 0 Å². The van der Waals surface area contributed by atoms with Gasteiger partial charge in [-0.1, -0.05) is 18.2 Å². The second-order valence-electron chi connectivity index (χ2n) is 5.86. The molecular formula is C16H23N3O. The lowest BCUT2D eigenvalue weighted by Crippen LogP contribution is -2.42. The summed E-state index contributed by atoms with van der Waals surface area (Å²) in [5, 5.41) is 6.41. The molecule has 0 radical (unpaired) electrons. The minimum atomic E-state index is 0.148. The van der Waals surface area contributed by atoms with Crippen LogP contribution in [0.15, 0.2) is 24.3 Å². The fourth-order valence-corrected chi connectivity index (χ4v) is 2.90. The lowest BCUT2D eigenvalue weighted by Gasteiger charge is -2.35. The quantitative estimate of drug-likeness (QED) is 0.858. The van der Waals surface area contributed by atoms with E-state index in [9.17, 15) is 4.79 Å². The number of anilines is 1. The van der Waals surface area contributed by atoms with Gasteiger partial charge in [-0.05, 0) is 43.9 Å². The average molecular weight is 273 g/mol. The molecule has 1 aromatic rings. The highest BCUT2D eigenvalue weighted by molar-refractivity contribution is 5.82. The third kappa shape index (κ3) is 2.96. The van der Waals surface area contributed by atoms with E-state index >= 15 is 0 Å². The highest BCUT2D eigenvalue weighted by Gasteiger charge is 2.26. The number of hydrogen-bond donors (Lipinski definition) is 2. The molecule has 108 valence electrons. The molecule has 0 aromatic heterocycles. The molecule has 4 nitrogen and oxygen atoms in total. The van der Waals surface area contributed by atoms with E-state index in [-0.39, 0.29) is 5.91 Å². The summed E-state index contributed by atoms with van der Waals surface area (Å²) in [5.41, 5.74) is 2.50. The Morgan fingerprint density at radius 3 is 2.85 bits per heavy atom. The van der Waals surface area contributed by atoms with Crippen LogP contribution in [0.2, 0.25) is 0 Å². The van der Waals surface area contributed by atoms with Crippen LogP contribution in [-0.2, 0) is 4.79 Å². The Labute approximate surface area is 120 Å². The summed E-state index contributed by atoms with van der Waals surface area (Å²) in [6.07, 6.45) is 3.59. The Hall–Kier alpha value is -1.55. The fraction of sp³-hybridized carbons (Fsp3) is 0.562. The second kappa shape index (κ2) is 5.83. The second-order valence-corrected chi connectivity index (χ2v) is 5.86. The molecule has 0 spiro atoms. The van der Waals surface area contributed by atoms with Crippen LogP contribution in [-0.4, -0.2) is 32.6 Å². The normalized spacial score (nSPS) is 21.4. The van der Waals surface area contributed by atoms with Crippen LogP contribution in [0, 0.1) is 5.92 Å². The number of hydrogen-bond acceptors (Lipinski definition) is 3. The Morgan fingerprint density at radius 1 is 1.30 bits per heavy atom. The zero-order valence-corrected chi connectivity index (χ0v) is 12.1. The third-order valence-corrected chi connectivity index (χ3v) is 4.31. The van der Waals surface area contributed by atoms with Gasteiger partial charge in [-0.3, -0.25) is 4.79 Å². The highest BCUT2D eigenvalue weighted by Crippen LogP contribution is 2.33. The summed E-state index contributed by atoms with van der Waals surface area (Å²) in [7, 11) is 2.00. The molecule has 1 amide bonds. The zero-order valence-electron chi connectivity index (χ0n) is 12.1. The van der Waals surface area contributed by atoms with Gasteiger partial charge in [-0.2, -0.15) is 0 Å². The molecule has 2 aliphatic rings. The van der Waals surface area contributed by atoms with E-state index in [0.29, 0.717) is 12.6 Å². The number of benzene rings is 1. The Balaban J connectivity index is 1.65. The smallest absolute Gasteiger partial charge is 0.239 e. The molecule has 2 N–H and O–H groups in total. The minimum Gasteiger partial charge on any atom is -0.362 e. The van der Waals surface area contributed by atoms with Gasteiger partial charge in [0.1, 0.15) is 0 Å². The van der Waals surface area contributed by atoms with Crippen molar-refractivity contribution in [2.45, 2.75) is 25.3 Å². The zero-order chi connectivity index (χ0) is 13.9. The number of nitrogens with one attached hydrogen (secondary N) is 2. The SMILES string of the molecule is CNC1CCN(CC(=O)NCC2CC2)c2ccccc21. The first-order chi connectivity index (χ1) is 9.78. The first kappa shape index (κ1) is 13.4. The highest BCUT2D eigenvalue weighted by atomic mass is 16.2. The maximum atomic E-state index is 12.0. The molecule has 1 aliphatic heterocycles. The van der Waals surface area contributed by atoms with Gasteiger partial charge < -0.3 is 15.5 Å². The Bertz CT molecular complexity index is 484. The molecule has 1 aliphatic carbocycles. The van der Waals surface area contributed by atoms with Crippen molar-refractivity contribution in [2.24, 2.45) is 5.92 Å². The van der Waals surface area contributed by atoms with Crippen LogP contribution in [0.4, 0.5) is 5.69 Å².